The van der Waals surface area contributed by atoms with Gasteiger partial charge in [-0.15, -0.1) is 0 Å². The summed E-state index contributed by atoms with van der Waals surface area (Å²) >= 11 is 5.72. The van der Waals surface area contributed by atoms with Crippen LogP contribution in [-0.4, -0.2) is 5.91 Å². The van der Waals surface area contributed by atoms with Crippen LogP contribution < -0.4 is 11.1 Å². The van der Waals surface area contributed by atoms with Crippen molar-refractivity contribution in [3.8, 4) is 0 Å². The Morgan fingerprint density at radius 2 is 1.83 bits per heavy atom. The number of carbonyl (C=O) groups is 1. The van der Waals surface area contributed by atoms with Crippen LogP contribution in [0.1, 0.15) is 10.4 Å². The second kappa shape index (κ2) is 5.06. The van der Waals surface area contributed by atoms with Gasteiger partial charge in [0.1, 0.15) is 5.82 Å². The van der Waals surface area contributed by atoms with Gasteiger partial charge in [0.15, 0.2) is 0 Å². The first-order valence-corrected chi connectivity index (χ1v) is 5.56. The van der Waals surface area contributed by atoms with E-state index in [1.807, 2.05) is 0 Å². The molecule has 0 aliphatic rings. The molecule has 18 heavy (non-hydrogen) atoms. The van der Waals surface area contributed by atoms with E-state index in [0.717, 1.165) is 0 Å². The maximum absolute atomic E-state index is 13.0. The Labute approximate surface area is 108 Å². The first kappa shape index (κ1) is 12.4. The zero-order valence-corrected chi connectivity index (χ0v) is 10.0. The van der Waals surface area contributed by atoms with Crippen molar-refractivity contribution in [1.29, 1.82) is 0 Å². The third-order valence-corrected chi connectivity index (χ3v) is 2.61. The Morgan fingerprint density at radius 1 is 1.17 bits per heavy atom. The van der Waals surface area contributed by atoms with E-state index in [-0.39, 0.29) is 11.6 Å². The number of anilines is 2. The zero-order chi connectivity index (χ0) is 13.1. The van der Waals surface area contributed by atoms with Crippen molar-refractivity contribution >= 4 is 28.9 Å². The molecule has 0 heterocycles. The maximum atomic E-state index is 13.0. The van der Waals surface area contributed by atoms with E-state index in [1.165, 1.54) is 18.2 Å². The van der Waals surface area contributed by atoms with Crippen molar-refractivity contribution in [3.05, 3.63) is 58.9 Å². The highest BCUT2D eigenvalue weighted by atomic mass is 35.5. The lowest BCUT2D eigenvalue weighted by atomic mass is 10.2. The number of nitrogen functional groups attached to an aromatic ring is 1. The highest BCUT2D eigenvalue weighted by Gasteiger charge is 2.07. The molecule has 0 radical (unpaired) electrons. The lowest BCUT2D eigenvalue weighted by Gasteiger charge is -2.06. The molecule has 0 fully saturated rings. The Bertz CT molecular complexity index is 584. The van der Waals surface area contributed by atoms with Crippen LogP contribution in [0.4, 0.5) is 15.8 Å². The van der Waals surface area contributed by atoms with Gasteiger partial charge in [0, 0.05) is 16.3 Å². The molecule has 2 rings (SSSR count). The van der Waals surface area contributed by atoms with Gasteiger partial charge in [-0.05, 0) is 42.5 Å². The first-order valence-electron chi connectivity index (χ1n) is 5.18. The maximum Gasteiger partial charge on any atom is 0.255 e. The Balaban J connectivity index is 2.16. The molecule has 3 nitrogen and oxygen atoms in total. The van der Waals surface area contributed by atoms with Crippen LogP contribution in [0.2, 0.25) is 5.02 Å². The molecule has 92 valence electrons. The van der Waals surface area contributed by atoms with Gasteiger partial charge in [-0.3, -0.25) is 4.79 Å². The summed E-state index contributed by atoms with van der Waals surface area (Å²) in [6.45, 7) is 0. The average Bonchev–Trinajstić information content (AvgIpc) is 2.34. The standard InChI is InChI=1S/C13H10ClFN2O/c14-9-3-1-8(2-4-9)13(18)17-10-5-6-11(15)12(16)7-10/h1-7H,16H2,(H,17,18). The van der Waals surface area contributed by atoms with Crippen LogP contribution in [0, 0.1) is 5.82 Å². The highest BCUT2D eigenvalue weighted by molar-refractivity contribution is 6.30. The van der Waals surface area contributed by atoms with Crippen LogP contribution in [0.15, 0.2) is 42.5 Å². The van der Waals surface area contributed by atoms with Gasteiger partial charge in [0.25, 0.3) is 5.91 Å². The molecule has 0 aliphatic carbocycles. The van der Waals surface area contributed by atoms with Gasteiger partial charge in [0.05, 0.1) is 5.69 Å². The third kappa shape index (κ3) is 2.78. The quantitative estimate of drug-likeness (QED) is 0.818. The number of carbonyl (C=O) groups excluding carboxylic acids is 1. The average molecular weight is 265 g/mol. The molecule has 0 aromatic heterocycles. The summed E-state index contributed by atoms with van der Waals surface area (Å²) in [5.74, 6) is -0.822. The smallest absolute Gasteiger partial charge is 0.255 e. The number of hydrogen-bond donors (Lipinski definition) is 2. The molecule has 2 aromatic rings. The monoisotopic (exact) mass is 264 g/mol. The molecule has 0 aliphatic heterocycles. The molecule has 0 saturated heterocycles. The second-order valence-corrected chi connectivity index (χ2v) is 4.13. The molecule has 5 heteroatoms. The second-order valence-electron chi connectivity index (χ2n) is 3.70. The normalized spacial score (nSPS) is 10.1. The van der Waals surface area contributed by atoms with E-state index in [2.05, 4.69) is 5.32 Å². The van der Waals surface area contributed by atoms with E-state index >= 15 is 0 Å². The number of benzene rings is 2. The largest absolute Gasteiger partial charge is 0.396 e. The predicted octanol–water partition coefficient (Wildman–Crippen LogP) is 3.31. The molecule has 0 unspecified atom stereocenters. The van der Waals surface area contributed by atoms with E-state index in [1.54, 1.807) is 24.3 Å². The topological polar surface area (TPSA) is 55.1 Å². The van der Waals surface area contributed by atoms with Crippen molar-refractivity contribution in [3.63, 3.8) is 0 Å². The Morgan fingerprint density at radius 3 is 2.44 bits per heavy atom. The van der Waals surface area contributed by atoms with Crippen LogP contribution in [0.25, 0.3) is 0 Å². The number of amides is 1. The molecule has 1 amide bonds. The summed E-state index contributed by atoms with van der Waals surface area (Å²) in [6.07, 6.45) is 0. The summed E-state index contributed by atoms with van der Waals surface area (Å²) in [7, 11) is 0. The number of rotatable bonds is 2. The molecule has 0 atom stereocenters. The third-order valence-electron chi connectivity index (χ3n) is 2.36. The Hall–Kier alpha value is -2.07. The van der Waals surface area contributed by atoms with Gasteiger partial charge in [-0.1, -0.05) is 11.6 Å². The molecule has 0 spiro atoms. The van der Waals surface area contributed by atoms with E-state index < -0.39 is 5.82 Å². The molecular weight excluding hydrogens is 255 g/mol. The van der Waals surface area contributed by atoms with Crippen LogP contribution in [0.3, 0.4) is 0 Å². The van der Waals surface area contributed by atoms with Gasteiger partial charge in [0.2, 0.25) is 0 Å². The minimum Gasteiger partial charge on any atom is -0.396 e. The van der Waals surface area contributed by atoms with E-state index in [0.29, 0.717) is 16.3 Å². The van der Waals surface area contributed by atoms with Crippen LogP contribution >= 0.6 is 11.6 Å². The molecule has 2 aromatic carbocycles. The highest BCUT2D eigenvalue weighted by Crippen LogP contribution is 2.17. The van der Waals surface area contributed by atoms with Crippen molar-refractivity contribution in [2.45, 2.75) is 0 Å². The fourth-order valence-electron chi connectivity index (χ4n) is 1.43. The first-order chi connectivity index (χ1) is 8.56. The van der Waals surface area contributed by atoms with Crippen LogP contribution in [0.5, 0.6) is 0 Å². The number of halogens is 2. The van der Waals surface area contributed by atoms with Crippen molar-refractivity contribution < 1.29 is 9.18 Å². The minimum atomic E-state index is -0.514. The van der Waals surface area contributed by atoms with E-state index in [4.69, 9.17) is 17.3 Å². The van der Waals surface area contributed by atoms with Gasteiger partial charge < -0.3 is 11.1 Å². The van der Waals surface area contributed by atoms with Crippen LogP contribution in [-0.2, 0) is 0 Å². The van der Waals surface area contributed by atoms with Gasteiger partial charge in [-0.2, -0.15) is 0 Å². The zero-order valence-electron chi connectivity index (χ0n) is 9.28. The summed E-state index contributed by atoms with van der Waals surface area (Å²) in [4.78, 5) is 11.8. The SMILES string of the molecule is Nc1cc(NC(=O)c2ccc(Cl)cc2)ccc1F. The van der Waals surface area contributed by atoms with Crippen molar-refractivity contribution in [2.75, 3.05) is 11.1 Å². The molecule has 0 bridgehead atoms. The number of nitrogens with two attached hydrogens (primary N) is 1. The minimum absolute atomic E-state index is 0.0103. The summed E-state index contributed by atoms with van der Waals surface area (Å²) in [6, 6.07) is 10.5. The molecule has 3 N–H and O–H groups in total. The summed E-state index contributed by atoms with van der Waals surface area (Å²) in [5.41, 5.74) is 6.30. The molecule has 0 saturated carbocycles. The number of nitrogens with one attached hydrogen (secondary N) is 1. The lowest BCUT2D eigenvalue weighted by Crippen LogP contribution is -2.12. The predicted molar refractivity (Wildman–Crippen MR) is 70.2 cm³/mol. The number of hydrogen-bond acceptors (Lipinski definition) is 2. The van der Waals surface area contributed by atoms with Crippen molar-refractivity contribution in [2.24, 2.45) is 0 Å². The van der Waals surface area contributed by atoms with E-state index in [9.17, 15) is 9.18 Å². The van der Waals surface area contributed by atoms with Crippen molar-refractivity contribution in [1.82, 2.24) is 0 Å². The fourth-order valence-corrected chi connectivity index (χ4v) is 1.55. The van der Waals surface area contributed by atoms with Gasteiger partial charge in [-0.25, -0.2) is 4.39 Å². The van der Waals surface area contributed by atoms with Gasteiger partial charge >= 0.3 is 0 Å². The summed E-state index contributed by atoms with van der Waals surface area (Å²) < 4.78 is 13.0. The molecular formula is C13H10ClFN2O. The Kier molecular flexibility index (Phi) is 3.48. The fraction of sp³-hybridized carbons (Fsp3) is 0. The summed E-state index contributed by atoms with van der Waals surface area (Å²) in [5, 5.41) is 3.17. The lowest BCUT2D eigenvalue weighted by molar-refractivity contribution is 0.102.